The van der Waals surface area contributed by atoms with Crippen molar-refractivity contribution >= 4 is 21.8 Å². The van der Waals surface area contributed by atoms with E-state index in [2.05, 4.69) is 26.3 Å². The van der Waals surface area contributed by atoms with Crippen molar-refractivity contribution < 1.29 is 13.9 Å². The third-order valence-corrected chi connectivity index (χ3v) is 5.11. The number of benzene rings is 1. The van der Waals surface area contributed by atoms with Crippen molar-refractivity contribution in [1.29, 1.82) is 0 Å². The molecule has 0 spiro atoms. The van der Waals surface area contributed by atoms with E-state index in [9.17, 15) is 4.79 Å². The molecule has 2 aromatic heterocycles. The van der Waals surface area contributed by atoms with Gasteiger partial charge < -0.3 is 14.5 Å². The van der Waals surface area contributed by atoms with Gasteiger partial charge >= 0.3 is 0 Å². The van der Waals surface area contributed by atoms with Crippen LogP contribution in [0.3, 0.4) is 0 Å². The van der Waals surface area contributed by atoms with E-state index in [0.717, 1.165) is 40.0 Å². The predicted molar refractivity (Wildman–Crippen MR) is 111 cm³/mol. The minimum Gasteiger partial charge on any atom is -0.485 e. The van der Waals surface area contributed by atoms with E-state index in [1.165, 1.54) is 0 Å². The lowest BCUT2D eigenvalue weighted by atomic mass is 10.1. The molecule has 0 radical (unpaired) electrons. The fourth-order valence-electron chi connectivity index (χ4n) is 2.73. The Labute approximate surface area is 173 Å². The van der Waals surface area contributed by atoms with Gasteiger partial charge in [0.25, 0.3) is 5.91 Å². The molecule has 0 saturated carbocycles. The normalized spacial score (nSPS) is 10.9. The molecule has 0 atom stereocenters. The van der Waals surface area contributed by atoms with Crippen molar-refractivity contribution in [1.82, 2.24) is 15.1 Å². The fraction of sp³-hybridized carbons (Fsp3) is 0.333. The van der Waals surface area contributed by atoms with Crippen molar-refractivity contribution in [3.05, 3.63) is 69.3 Å². The summed E-state index contributed by atoms with van der Waals surface area (Å²) in [5.41, 5.74) is 3.16. The van der Waals surface area contributed by atoms with Crippen LogP contribution in [0.25, 0.3) is 0 Å². The molecule has 2 heterocycles. The maximum absolute atomic E-state index is 12.2. The summed E-state index contributed by atoms with van der Waals surface area (Å²) >= 11 is 3.44. The second-order valence-electron chi connectivity index (χ2n) is 6.76. The molecular formula is C21H24BrN3O3. The average molecular weight is 446 g/mol. The molecule has 28 heavy (non-hydrogen) atoms. The molecule has 1 N–H and O–H groups in total. The summed E-state index contributed by atoms with van der Waals surface area (Å²) in [5.74, 6) is 1.50. The van der Waals surface area contributed by atoms with Crippen molar-refractivity contribution in [2.45, 2.75) is 40.3 Å². The standard InChI is InChI=1S/C21H24BrN3O3/c1-14-5-6-15(2)20(11-14)27-13-17-7-8-19(28-17)21(26)23-9-4-10-25-12-18(22)16(3)24-25/h5-8,11-12H,4,9-10,13H2,1-3H3,(H,23,26). The molecule has 1 amide bonds. The van der Waals surface area contributed by atoms with Gasteiger partial charge in [0, 0.05) is 19.3 Å². The Balaban J connectivity index is 1.45. The van der Waals surface area contributed by atoms with Gasteiger partial charge in [-0.15, -0.1) is 0 Å². The summed E-state index contributed by atoms with van der Waals surface area (Å²) in [6.07, 6.45) is 2.72. The highest BCUT2D eigenvalue weighted by Crippen LogP contribution is 2.21. The van der Waals surface area contributed by atoms with E-state index in [1.807, 2.05) is 49.8 Å². The van der Waals surface area contributed by atoms with Crippen molar-refractivity contribution in [2.75, 3.05) is 6.54 Å². The van der Waals surface area contributed by atoms with Gasteiger partial charge in [-0.05, 0) is 72.4 Å². The van der Waals surface area contributed by atoms with Gasteiger partial charge in [0.15, 0.2) is 5.76 Å². The van der Waals surface area contributed by atoms with E-state index in [-0.39, 0.29) is 18.3 Å². The Kier molecular flexibility index (Phi) is 6.57. The molecule has 0 unspecified atom stereocenters. The van der Waals surface area contributed by atoms with E-state index in [0.29, 0.717) is 12.3 Å². The third-order valence-electron chi connectivity index (χ3n) is 4.34. The number of halogens is 1. The molecule has 0 aliphatic carbocycles. The lowest BCUT2D eigenvalue weighted by molar-refractivity contribution is 0.0920. The largest absolute Gasteiger partial charge is 0.485 e. The van der Waals surface area contributed by atoms with E-state index in [1.54, 1.807) is 12.1 Å². The van der Waals surface area contributed by atoms with Crippen molar-refractivity contribution in [3.8, 4) is 5.75 Å². The summed E-state index contributed by atoms with van der Waals surface area (Å²) < 4.78 is 14.3. The SMILES string of the molecule is Cc1ccc(C)c(OCc2ccc(C(=O)NCCCn3cc(Br)c(C)n3)o2)c1. The van der Waals surface area contributed by atoms with E-state index < -0.39 is 0 Å². The molecule has 7 heteroatoms. The molecular weight excluding hydrogens is 422 g/mol. The number of hydrogen-bond donors (Lipinski definition) is 1. The highest BCUT2D eigenvalue weighted by Gasteiger charge is 2.11. The third kappa shape index (κ3) is 5.25. The molecule has 0 aliphatic rings. The Morgan fingerprint density at radius 2 is 2.07 bits per heavy atom. The van der Waals surface area contributed by atoms with Gasteiger partial charge in [0.1, 0.15) is 18.1 Å². The quantitative estimate of drug-likeness (QED) is 0.515. The number of rotatable bonds is 8. The van der Waals surface area contributed by atoms with Gasteiger partial charge in [-0.1, -0.05) is 12.1 Å². The smallest absolute Gasteiger partial charge is 0.286 e. The van der Waals surface area contributed by atoms with Crippen LogP contribution in [-0.2, 0) is 13.2 Å². The number of aromatic nitrogens is 2. The Morgan fingerprint density at radius 3 is 2.82 bits per heavy atom. The molecule has 3 rings (SSSR count). The molecule has 0 saturated heterocycles. The zero-order chi connectivity index (χ0) is 20.1. The first-order valence-corrected chi connectivity index (χ1v) is 9.98. The first kappa shape index (κ1) is 20.2. The highest BCUT2D eigenvalue weighted by atomic mass is 79.9. The summed E-state index contributed by atoms with van der Waals surface area (Å²) in [6.45, 7) is 7.53. The lowest BCUT2D eigenvalue weighted by Gasteiger charge is -2.08. The Bertz CT molecular complexity index is 942. The summed E-state index contributed by atoms with van der Waals surface area (Å²) in [6, 6.07) is 9.50. The molecule has 148 valence electrons. The topological polar surface area (TPSA) is 69.3 Å². The maximum atomic E-state index is 12.2. The molecule has 0 fully saturated rings. The van der Waals surface area contributed by atoms with Gasteiger partial charge in [-0.3, -0.25) is 9.48 Å². The van der Waals surface area contributed by atoms with E-state index in [4.69, 9.17) is 9.15 Å². The molecule has 1 aromatic carbocycles. The monoisotopic (exact) mass is 445 g/mol. The summed E-state index contributed by atoms with van der Waals surface area (Å²) in [4.78, 5) is 12.2. The summed E-state index contributed by atoms with van der Waals surface area (Å²) in [7, 11) is 0. The Hall–Kier alpha value is -2.54. The molecule has 3 aromatic rings. The van der Waals surface area contributed by atoms with Crippen LogP contribution in [0.15, 0.2) is 45.4 Å². The number of nitrogens with zero attached hydrogens (tertiary/aromatic N) is 2. The van der Waals surface area contributed by atoms with Crippen molar-refractivity contribution in [2.24, 2.45) is 0 Å². The average Bonchev–Trinajstić information content (AvgIpc) is 3.26. The number of aryl methyl sites for hydroxylation is 4. The van der Waals surface area contributed by atoms with Gasteiger partial charge in [-0.25, -0.2) is 0 Å². The van der Waals surface area contributed by atoms with Crippen LogP contribution >= 0.6 is 15.9 Å². The molecule has 0 bridgehead atoms. The van der Waals surface area contributed by atoms with Crippen LogP contribution < -0.4 is 10.1 Å². The molecule has 6 nitrogen and oxygen atoms in total. The first-order chi connectivity index (χ1) is 13.4. The number of carbonyl (C=O) groups is 1. The maximum Gasteiger partial charge on any atom is 0.286 e. The fourth-order valence-corrected chi connectivity index (χ4v) is 3.04. The van der Waals surface area contributed by atoms with Crippen LogP contribution in [-0.4, -0.2) is 22.2 Å². The predicted octanol–water partition coefficient (Wildman–Crippen LogP) is 4.56. The lowest BCUT2D eigenvalue weighted by Crippen LogP contribution is -2.24. The number of hydrogen-bond acceptors (Lipinski definition) is 4. The van der Waals surface area contributed by atoms with E-state index >= 15 is 0 Å². The number of amides is 1. The minimum atomic E-state index is -0.226. The minimum absolute atomic E-state index is 0.226. The molecule has 0 aliphatic heterocycles. The second kappa shape index (κ2) is 9.10. The first-order valence-electron chi connectivity index (χ1n) is 9.19. The Morgan fingerprint density at radius 1 is 1.25 bits per heavy atom. The zero-order valence-corrected chi connectivity index (χ0v) is 17.9. The van der Waals surface area contributed by atoms with Gasteiger partial charge in [0.2, 0.25) is 0 Å². The zero-order valence-electron chi connectivity index (χ0n) is 16.3. The summed E-state index contributed by atoms with van der Waals surface area (Å²) in [5, 5.41) is 7.24. The second-order valence-corrected chi connectivity index (χ2v) is 7.61. The number of nitrogens with one attached hydrogen (secondary N) is 1. The van der Waals surface area contributed by atoms with Crippen LogP contribution in [0, 0.1) is 20.8 Å². The van der Waals surface area contributed by atoms with Crippen LogP contribution in [0.2, 0.25) is 0 Å². The van der Waals surface area contributed by atoms with Crippen molar-refractivity contribution in [3.63, 3.8) is 0 Å². The van der Waals surface area contributed by atoms with Crippen LogP contribution in [0.4, 0.5) is 0 Å². The van der Waals surface area contributed by atoms with Gasteiger partial charge in [0.05, 0.1) is 10.2 Å². The number of carbonyl (C=O) groups excluding carboxylic acids is 1. The van der Waals surface area contributed by atoms with Gasteiger partial charge in [-0.2, -0.15) is 5.10 Å². The highest BCUT2D eigenvalue weighted by molar-refractivity contribution is 9.10. The van der Waals surface area contributed by atoms with Crippen LogP contribution in [0.5, 0.6) is 5.75 Å². The number of ether oxygens (including phenoxy) is 1. The number of furan rings is 1. The van der Waals surface area contributed by atoms with Crippen LogP contribution in [0.1, 0.15) is 39.6 Å².